The first-order valence-corrected chi connectivity index (χ1v) is 6.93. The largest absolute Gasteiger partial charge is 0.507 e. The summed E-state index contributed by atoms with van der Waals surface area (Å²) in [7, 11) is 1.47. The number of carbonyl (C=O) groups excluding carboxylic acids is 1. The average molecular weight is 339 g/mol. The molecule has 22 heavy (non-hydrogen) atoms. The van der Waals surface area contributed by atoms with Crippen molar-refractivity contribution >= 4 is 35.3 Å². The van der Waals surface area contributed by atoms with Gasteiger partial charge in [-0.25, -0.2) is 5.43 Å². The minimum atomic E-state index is -0.528. The predicted octanol–water partition coefficient (Wildman–Crippen LogP) is 3.47. The summed E-state index contributed by atoms with van der Waals surface area (Å²) in [6, 6.07) is 9.37. The van der Waals surface area contributed by atoms with E-state index >= 15 is 0 Å². The molecule has 0 aliphatic rings. The van der Waals surface area contributed by atoms with E-state index in [0.29, 0.717) is 21.4 Å². The molecule has 114 valence electrons. The number of halogens is 2. The second-order valence-electron chi connectivity index (χ2n) is 4.23. The summed E-state index contributed by atoms with van der Waals surface area (Å²) >= 11 is 12.0. The average Bonchev–Trinajstić information content (AvgIpc) is 2.47. The number of aromatic hydroxyl groups is 1. The second kappa shape index (κ2) is 7.15. The second-order valence-corrected chi connectivity index (χ2v) is 5.05. The van der Waals surface area contributed by atoms with Crippen LogP contribution >= 0.6 is 23.2 Å². The number of hydrazone groups is 1. The highest BCUT2D eigenvalue weighted by Crippen LogP contribution is 2.33. The molecule has 0 saturated heterocycles. The smallest absolute Gasteiger partial charge is 0.275 e. The van der Waals surface area contributed by atoms with E-state index in [1.54, 1.807) is 24.3 Å². The molecule has 0 aliphatic heterocycles. The molecule has 0 aromatic heterocycles. The van der Waals surface area contributed by atoms with Gasteiger partial charge in [0.15, 0.2) is 5.75 Å². The van der Waals surface area contributed by atoms with Crippen molar-refractivity contribution in [1.82, 2.24) is 5.43 Å². The number of para-hydroxylation sites is 1. The SMILES string of the molecule is COc1c(Cl)cc(/C=N\NC(=O)c2ccccc2O)cc1Cl. The van der Waals surface area contributed by atoms with Crippen LogP contribution in [0.2, 0.25) is 10.0 Å². The van der Waals surface area contributed by atoms with Gasteiger partial charge in [0.2, 0.25) is 0 Å². The Labute approximate surface area is 137 Å². The third-order valence-electron chi connectivity index (χ3n) is 2.75. The summed E-state index contributed by atoms with van der Waals surface area (Å²) in [5.41, 5.74) is 3.03. The maximum absolute atomic E-state index is 11.8. The molecule has 0 aliphatic carbocycles. The van der Waals surface area contributed by atoms with Crippen molar-refractivity contribution in [3.63, 3.8) is 0 Å². The molecule has 2 rings (SSSR count). The molecule has 0 bridgehead atoms. The molecule has 5 nitrogen and oxygen atoms in total. The number of hydrogen-bond donors (Lipinski definition) is 2. The molecule has 7 heteroatoms. The topological polar surface area (TPSA) is 70.9 Å². The van der Waals surface area contributed by atoms with E-state index in [9.17, 15) is 9.90 Å². The lowest BCUT2D eigenvalue weighted by atomic mass is 10.2. The fourth-order valence-corrected chi connectivity index (χ4v) is 2.40. The lowest BCUT2D eigenvalue weighted by molar-refractivity contribution is 0.0952. The van der Waals surface area contributed by atoms with Gasteiger partial charge in [-0.2, -0.15) is 5.10 Å². The van der Waals surface area contributed by atoms with Crippen molar-refractivity contribution in [3.05, 3.63) is 57.6 Å². The number of phenolic OH excluding ortho intramolecular Hbond substituents is 1. The number of amides is 1. The molecule has 1 amide bonds. The van der Waals surface area contributed by atoms with E-state index in [4.69, 9.17) is 27.9 Å². The van der Waals surface area contributed by atoms with Crippen LogP contribution in [0.25, 0.3) is 0 Å². The highest BCUT2D eigenvalue weighted by Gasteiger charge is 2.09. The number of ether oxygens (including phenoxy) is 1. The molecule has 0 saturated carbocycles. The van der Waals surface area contributed by atoms with Gasteiger partial charge < -0.3 is 9.84 Å². The maximum atomic E-state index is 11.8. The Bertz CT molecular complexity index is 709. The Morgan fingerprint density at radius 2 is 1.91 bits per heavy atom. The Kier molecular flexibility index (Phi) is 5.25. The van der Waals surface area contributed by atoms with Gasteiger partial charge in [0, 0.05) is 0 Å². The fraction of sp³-hybridized carbons (Fsp3) is 0.0667. The fourth-order valence-electron chi connectivity index (χ4n) is 1.74. The van der Waals surface area contributed by atoms with Crippen LogP contribution in [0.1, 0.15) is 15.9 Å². The first kappa shape index (κ1) is 16.1. The molecule has 2 aromatic carbocycles. The molecule has 0 atom stereocenters. The van der Waals surface area contributed by atoms with E-state index in [1.807, 2.05) is 0 Å². The summed E-state index contributed by atoms with van der Waals surface area (Å²) in [4.78, 5) is 11.8. The van der Waals surface area contributed by atoms with E-state index in [0.717, 1.165) is 0 Å². The quantitative estimate of drug-likeness (QED) is 0.662. The Morgan fingerprint density at radius 1 is 1.27 bits per heavy atom. The van der Waals surface area contributed by atoms with Crippen LogP contribution in [0.15, 0.2) is 41.5 Å². The Morgan fingerprint density at radius 3 is 2.50 bits per heavy atom. The standard InChI is InChI=1S/C15H12Cl2N2O3/c1-22-14-11(16)6-9(7-12(14)17)8-18-19-15(21)10-4-2-3-5-13(10)20/h2-8,20H,1H3,(H,19,21)/b18-8-. The van der Waals surface area contributed by atoms with Crippen LogP contribution in [-0.2, 0) is 0 Å². The monoisotopic (exact) mass is 338 g/mol. The van der Waals surface area contributed by atoms with E-state index in [2.05, 4.69) is 10.5 Å². The van der Waals surface area contributed by atoms with Crippen LogP contribution in [0.4, 0.5) is 0 Å². The lowest BCUT2D eigenvalue weighted by Gasteiger charge is -2.06. The normalized spacial score (nSPS) is 10.7. The summed E-state index contributed by atoms with van der Waals surface area (Å²) < 4.78 is 5.04. The highest BCUT2D eigenvalue weighted by atomic mass is 35.5. The number of nitrogens with one attached hydrogen (secondary N) is 1. The van der Waals surface area contributed by atoms with Gasteiger partial charge in [-0.15, -0.1) is 0 Å². The van der Waals surface area contributed by atoms with Crippen LogP contribution in [-0.4, -0.2) is 24.3 Å². The number of hydrogen-bond acceptors (Lipinski definition) is 4. The summed E-state index contributed by atoms with van der Waals surface area (Å²) in [6.07, 6.45) is 1.38. The molecule has 0 unspecified atom stereocenters. The number of phenols is 1. The lowest BCUT2D eigenvalue weighted by Crippen LogP contribution is -2.17. The van der Waals surface area contributed by atoms with Crippen LogP contribution in [0.5, 0.6) is 11.5 Å². The molecule has 0 fully saturated rings. The van der Waals surface area contributed by atoms with Crippen molar-refractivity contribution < 1.29 is 14.6 Å². The van der Waals surface area contributed by atoms with Gasteiger partial charge in [-0.1, -0.05) is 35.3 Å². The van der Waals surface area contributed by atoms with Gasteiger partial charge in [0.1, 0.15) is 5.75 Å². The zero-order valence-corrected chi connectivity index (χ0v) is 13.0. The molecule has 2 N–H and O–H groups in total. The summed E-state index contributed by atoms with van der Waals surface area (Å²) in [5.74, 6) is -0.274. The van der Waals surface area contributed by atoms with Crippen LogP contribution in [0, 0.1) is 0 Å². The third kappa shape index (κ3) is 3.69. The molecule has 0 radical (unpaired) electrons. The molecular weight excluding hydrogens is 327 g/mol. The number of methoxy groups -OCH3 is 1. The van der Waals surface area contributed by atoms with Crippen molar-refractivity contribution in [2.24, 2.45) is 5.10 Å². The Balaban J connectivity index is 2.10. The predicted molar refractivity (Wildman–Crippen MR) is 86.2 cm³/mol. The van der Waals surface area contributed by atoms with E-state index in [1.165, 1.54) is 25.5 Å². The van der Waals surface area contributed by atoms with Crippen LogP contribution < -0.4 is 10.2 Å². The first-order chi connectivity index (χ1) is 10.5. The third-order valence-corrected chi connectivity index (χ3v) is 3.31. The molecule has 0 heterocycles. The van der Waals surface area contributed by atoms with Crippen molar-refractivity contribution in [1.29, 1.82) is 0 Å². The number of rotatable bonds is 4. The Hall–Kier alpha value is -2.24. The minimum Gasteiger partial charge on any atom is -0.507 e. The van der Waals surface area contributed by atoms with E-state index < -0.39 is 5.91 Å². The van der Waals surface area contributed by atoms with Crippen molar-refractivity contribution in [2.45, 2.75) is 0 Å². The van der Waals surface area contributed by atoms with Crippen LogP contribution in [0.3, 0.4) is 0 Å². The van der Waals surface area contributed by atoms with Gasteiger partial charge in [-0.05, 0) is 29.8 Å². The van der Waals surface area contributed by atoms with Gasteiger partial charge in [0.05, 0.1) is 28.9 Å². The van der Waals surface area contributed by atoms with Crippen molar-refractivity contribution in [2.75, 3.05) is 7.11 Å². The number of nitrogens with zero attached hydrogens (tertiary/aromatic N) is 1. The maximum Gasteiger partial charge on any atom is 0.275 e. The summed E-state index contributed by atoms with van der Waals surface area (Å²) in [5, 5.41) is 14.0. The van der Waals surface area contributed by atoms with E-state index in [-0.39, 0.29) is 11.3 Å². The minimum absolute atomic E-state index is 0.120. The van der Waals surface area contributed by atoms with Gasteiger partial charge >= 0.3 is 0 Å². The highest BCUT2D eigenvalue weighted by molar-refractivity contribution is 6.37. The zero-order valence-electron chi connectivity index (χ0n) is 11.5. The molecular formula is C15H12Cl2N2O3. The molecule has 0 spiro atoms. The molecule has 2 aromatic rings. The first-order valence-electron chi connectivity index (χ1n) is 6.17. The number of carbonyl (C=O) groups is 1. The summed E-state index contributed by atoms with van der Waals surface area (Å²) in [6.45, 7) is 0. The van der Waals surface area contributed by atoms with Crippen molar-refractivity contribution in [3.8, 4) is 11.5 Å². The van der Waals surface area contributed by atoms with Gasteiger partial charge in [-0.3, -0.25) is 4.79 Å². The zero-order chi connectivity index (χ0) is 16.1. The number of benzene rings is 2. The van der Waals surface area contributed by atoms with Gasteiger partial charge in [0.25, 0.3) is 5.91 Å².